The molecule has 0 saturated carbocycles. The summed E-state index contributed by atoms with van der Waals surface area (Å²) in [4.78, 5) is 0. The second-order valence-corrected chi connectivity index (χ2v) is 0.829. The van der Waals surface area contributed by atoms with Gasteiger partial charge in [-0.25, -0.2) is 4.39 Å². The molecule has 1 unspecified atom stereocenters. The van der Waals surface area contributed by atoms with Gasteiger partial charge in [0, 0.05) is 0 Å². The molecule has 0 radical (unpaired) electrons. The van der Waals surface area contributed by atoms with Crippen LogP contribution < -0.4 is 0 Å². The fourth-order valence-corrected chi connectivity index (χ4v) is 0.128. The molecule has 2 heteroatoms. The van der Waals surface area contributed by atoms with Gasteiger partial charge in [0.2, 0.25) is 0 Å². The lowest BCUT2D eigenvalue weighted by atomic mass is 10.6. The Hall–Kier alpha value is -0.810. The van der Waals surface area contributed by atoms with Crippen LogP contribution in [0.5, 0.6) is 0 Å². The number of allylic oxidation sites excluding steroid dienone is 1. The summed E-state index contributed by atoms with van der Waals surface area (Å²) in [5.41, 5.74) is 0. The molecule has 1 atom stereocenters. The van der Waals surface area contributed by atoms with E-state index in [9.17, 15) is 4.39 Å². The first kappa shape index (κ1) is 6.19. The Morgan fingerprint density at radius 3 is 2.57 bits per heavy atom. The average molecular weight is 100 g/mol. The standard InChI is InChI=1S/C5H5FO/c1-2-3-4-5(6)7/h2,5,7H,1H2. The van der Waals surface area contributed by atoms with Crippen molar-refractivity contribution in [2.45, 2.75) is 6.36 Å². The van der Waals surface area contributed by atoms with E-state index >= 15 is 0 Å². The van der Waals surface area contributed by atoms with Crippen molar-refractivity contribution in [1.82, 2.24) is 0 Å². The quantitative estimate of drug-likeness (QED) is 0.438. The van der Waals surface area contributed by atoms with Gasteiger partial charge in [0.15, 0.2) is 0 Å². The Morgan fingerprint density at radius 1 is 1.86 bits per heavy atom. The number of alkyl halides is 1. The fourth-order valence-electron chi connectivity index (χ4n) is 0.128. The van der Waals surface area contributed by atoms with Crippen molar-refractivity contribution < 1.29 is 9.50 Å². The molecule has 1 nitrogen and oxygen atoms in total. The molecule has 0 rings (SSSR count). The minimum absolute atomic E-state index is 1.21. The van der Waals surface area contributed by atoms with E-state index in [1.54, 1.807) is 0 Å². The molecule has 0 bridgehead atoms. The summed E-state index contributed by atoms with van der Waals surface area (Å²) >= 11 is 0. The Morgan fingerprint density at radius 2 is 2.43 bits per heavy atom. The summed E-state index contributed by atoms with van der Waals surface area (Å²) in [5, 5.41) is 7.80. The predicted octanol–water partition coefficient (Wildman–Crippen LogP) is 0.464. The Kier molecular flexibility index (Phi) is 2.99. The molecule has 0 aliphatic heterocycles. The summed E-state index contributed by atoms with van der Waals surface area (Å²) in [6, 6.07) is 0. The van der Waals surface area contributed by atoms with Crippen LogP contribution in [0.1, 0.15) is 0 Å². The van der Waals surface area contributed by atoms with Crippen molar-refractivity contribution in [3.05, 3.63) is 12.7 Å². The SMILES string of the molecule is C=CC#CC(O)F. The molecule has 38 valence electrons. The molecule has 7 heavy (non-hydrogen) atoms. The minimum atomic E-state index is -2.03. The lowest BCUT2D eigenvalue weighted by Gasteiger charge is -1.78. The normalized spacial score (nSPS) is 11.1. The van der Waals surface area contributed by atoms with Gasteiger partial charge in [0.05, 0.1) is 0 Å². The number of hydrogen-bond acceptors (Lipinski definition) is 1. The third kappa shape index (κ3) is 5.19. The van der Waals surface area contributed by atoms with Crippen LogP contribution in [0, 0.1) is 11.8 Å². The van der Waals surface area contributed by atoms with Gasteiger partial charge in [-0.2, -0.15) is 0 Å². The lowest BCUT2D eigenvalue weighted by Crippen LogP contribution is -1.88. The summed E-state index contributed by atoms with van der Waals surface area (Å²) in [5.74, 6) is 3.95. The van der Waals surface area contributed by atoms with Gasteiger partial charge in [0.1, 0.15) is 0 Å². The summed E-state index contributed by atoms with van der Waals surface area (Å²) < 4.78 is 11.2. The summed E-state index contributed by atoms with van der Waals surface area (Å²) in [6.45, 7) is 3.18. The number of halogens is 1. The van der Waals surface area contributed by atoms with Gasteiger partial charge in [-0.05, 0) is 12.0 Å². The molecule has 0 aromatic carbocycles. The van der Waals surface area contributed by atoms with E-state index < -0.39 is 6.36 Å². The number of aliphatic hydroxyl groups excluding tert-OH is 1. The minimum Gasteiger partial charge on any atom is -0.354 e. The van der Waals surface area contributed by atoms with Gasteiger partial charge in [-0.3, -0.25) is 0 Å². The molecule has 0 saturated heterocycles. The Bertz CT molecular complexity index is 107. The number of aliphatic hydroxyl groups is 1. The summed E-state index contributed by atoms with van der Waals surface area (Å²) in [7, 11) is 0. The maximum Gasteiger partial charge on any atom is 0.259 e. The van der Waals surface area contributed by atoms with Gasteiger partial charge in [-0.15, -0.1) is 0 Å². The average Bonchev–Trinajstić information content (AvgIpc) is 1.61. The zero-order valence-electron chi connectivity index (χ0n) is 3.69. The van der Waals surface area contributed by atoms with Gasteiger partial charge < -0.3 is 5.11 Å². The molecule has 0 amide bonds. The zero-order valence-corrected chi connectivity index (χ0v) is 3.69. The first-order chi connectivity index (χ1) is 3.27. The van der Waals surface area contributed by atoms with Crippen LogP contribution in [0.25, 0.3) is 0 Å². The first-order valence-corrected chi connectivity index (χ1v) is 1.71. The highest BCUT2D eigenvalue weighted by molar-refractivity contribution is 5.13. The van der Waals surface area contributed by atoms with Crippen LogP contribution in [0.3, 0.4) is 0 Å². The Labute approximate surface area is 41.5 Å². The topological polar surface area (TPSA) is 20.2 Å². The van der Waals surface area contributed by atoms with Crippen molar-refractivity contribution in [2.24, 2.45) is 0 Å². The second-order valence-electron chi connectivity index (χ2n) is 0.829. The van der Waals surface area contributed by atoms with E-state index in [2.05, 4.69) is 12.5 Å². The molecule has 1 N–H and O–H groups in total. The van der Waals surface area contributed by atoms with Crippen LogP contribution in [0.15, 0.2) is 12.7 Å². The van der Waals surface area contributed by atoms with Crippen molar-refractivity contribution in [3.8, 4) is 11.8 Å². The van der Waals surface area contributed by atoms with Crippen molar-refractivity contribution in [1.29, 1.82) is 0 Å². The zero-order chi connectivity index (χ0) is 5.70. The maximum atomic E-state index is 11.2. The third-order valence-electron chi connectivity index (χ3n) is 0.304. The van der Waals surface area contributed by atoms with Gasteiger partial charge in [0.25, 0.3) is 6.36 Å². The van der Waals surface area contributed by atoms with Crippen LogP contribution in [-0.4, -0.2) is 11.5 Å². The predicted molar refractivity (Wildman–Crippen MR) is 25.1 cm³/mol. The molecule has 0 aromatic rings. The van der Waals surface area contributed by atoms with E-state index in [-0.39, 0.29) is 0 Å². The molecule has 0 aromatic heterocycles. The molecule has 0 aliphatic carbocycles. The molecule has 0 fully saturated rings. The second kappa shape index (κ2) is 3.38. The monoisotopic (exact) mass is 100 g/mol. The van der Waals surface area contributed by atoms with E-state index in [1.165, 1.54) is 6.08 Å². The molecule has 0 aliphatic rings. The lowest BCUT2D eigenvalue weighted by molar-refractivity contribution is 0.0976. The fraction of sp³-hybridized carbons (Fsp3) is 0.200. The number of hydrogen-bond donors (Lipinski definition) is 1. The number of rotatable bonds is 0. The maximum absolute atomic E-state index is 11.2. The van der Waals surface area contributed by atoms with E-state index in [1.807, 2.05) is 5.92 Å². The van der Waals surface area contributed by atoms with Gasteiger partial charge in [-0.1, -0.05) is 12.5 Å². The van der Waals surface area contributed by atoms with Crippen molar-refractivity contribution >= 4 is 0 Å². The molecule has 0 spiro atoms. The van der Waals surface area contributed by atoms with Crippen LogP contribution >= 0.6 is 0 Å². The van der Waals surface area contributed by atoms with Crippen LogP contribution in [-0.2, 0) is 0 Å². The van der Waals surface area contributed by atoms with E-state index in [0.29, 0.717) is 0 Å². The summed E-state index contributed by atoms with van der Waals surface area (Å²) in [6.07, 6.45) is -0.819. The first-order valence-electron chi connectivity index (χ1n) is 1.71. The highest BCUT2D eigenvalue weighted by Crippen LogP contribution is 1.75. The van der Waals surface area contributed by atoms with E-state index in [4.69, 9.17) is 5.11 Å². The molecular weight excluding hydrogens is 95.1 g/mol. The van der Waals surface area contributed by atoms with E-state index in [0.717, 1.165) is 0 Å². The highest BCUT2D eigenvalue weighted by atomic mass is 19.1. The third-order valence-corrected chi connectivity index (χ3v) is 0.304. The van der Waals surface area contributed by atoms with Crippen LogP contribution in [0.4, 0.5) is 4.39 Å². The smallest absolute Gasteiger partial charge is 0.259 e. The molecular formula is C5H5FO. The highest BCUT2D eigenvalue weighted by Gasteiger charge is 1.83. The van der Waals surface area contributed by atoms with Crippen LogP contribution in [0.2, 0.25) is 0 Å². The van der Waals surface area contributed by atoms with Crippen molar-refractivity contribution in [3.63, 3.8) is 0 Å². The van der Waals surface area contributed by atoms with Crippen molar-refractivity contribution in [2.75, 3.05) is 0 Å². The van der Waals surface area contributed by atoms with Gasteiger partial charge >= 0.3 is 0 Å². The molecule has 0 heterocycles. The largest absolute Gasteiger partial charge is 0.354 e. The Balaban J connectivity index is 3.43.